The molecule has 1 heterocycles. The third kappa shape index (κ3) is 4.92. The molecule has 1 aromatic carbocycles. The predicted molar refractivity (Wildman–Crippen MR) is 105 cm³/mol. The SMILES string of the molecule is [CH2-]CCC=CCN1C(=O)C[C@@H]1c1ccc(C(O)C2(CCC)CCC2)cc1.[Y]. The second-order valence-electron chi connectivity index (χ2n) is 7.91. The summed E-state index contributed by atoms with van der Waals surface area (Å²) in [6.45, 7) is 6.70. The van der Waals surface area contributed by atoms with Gasteiger partial charge in [0.25, 0.3) is 0 Å². The minimum absolute atomic E-state index is 0. The molecule has 3 nitrogen and oxygen atoms in total. The minimum Gasteiger partial charge on any atom is -0.388 e. The number of likely N-dealkylation sites (tertiary alicyclic amines) is 1. The van der Waals surface area contributed by atoms with Crippen LogP contribution in [0.25, 0.3) is 0 Å². The van der Waals surface area contributed by atoms with E-state index in [9.17, 15) is 9.90 Å². The third-order valence-electron chi connectivity index (χ3n) is 6.22. The number of aliphatic hydroxyl groups excluding tert-OH is 1. The number of nitrogens with zero attached hydrogens (tertiary/aromatic N) is 1. The van der Waals surface area contributed by atoms with Gasteiger partial charge in [-0.25, -0.2) is 0 Å². The van der Waals surface area contributed by atoms with Crippen LogP contribution in [-0.2, 0) is 37.5 Å². The van der Waals surface area contributed by atoms with Gasteiger partial charge < -0.3 is 16.9 Å². The molecule has 1 aromatic rings. The van der Waals surface area contributed by atoms with Crippen molar-refractivity contribution in [3.05, 3.63) is 54.5 Å². The number of carbonyl (C=O) groups is 1. The molecule has 3 rings (SSSR count). The van der Waals surface area contributed by atoms with Crippen molar-refractivity contribution in [1.29, 1.82) is 0 Å². The molecule has 1 aliphatic heterocycles. The van der Waals surface area contributed by atoms with Crippen molar-refractivity contribution < 1.29 is 42.6 Å². The van der Waals surface area contributed by atoms with Gasteiger partial charge in [0.15, 0.2) is 0 Å². The number of carbonyl (C=O) groups excluding carboxylic acids is 1. The fraction of sp³-hybridized carbons (Fsp3) is 0.565. The minimum atomic E-state index is -0.366. The van der Waals surface area contributed by atoms with Gasteiger partial charge in [-0.1, -0.05) is 62.6 Å². The van der Waals surface area contributed by atoms with E-state index in [0.29, 0.717) is 13.0 Å². The Balaban J connectivity index is 0.00000261. The largest absolute Gasteiger partial charge is 0.388 e. The Bertz CT molecular complexity index is 636. The van der Waals surface area contributed by atoms with Crippen molar-refractivity contribution in [2.75, 3.05) is 6.54 Å². The zero-order valence-corrected chi connectivity index (χ0v) is 19.4. The molecule has 1 unspecified atom stereocenters. The van der Waals surface area contributed by atoms with E-state index < -0.39 is 0 Å². The van der Waals surface area contributed by atoms with Crippen molar-refractivity contribution in [1.82, 2.24) is 4.90 Å². The van der Waals surface area contributed by atoms with Crippen LogP contribution in [0.5, 0.6) is 0 Å². The molecule has 2 atom stereocenters. The molecule has 0 spiro atoms. The normalized spacial score (nSPS) is 22.1. The fourth-order valence-electron chi connectivity index (χ4n) is 4.45. The zero-order valence-electron chi connectivity index (χ0n) is 16.6. The van der Waals surface area contributed by atoms with Crippen molar-refractivity contribution >= 4 is 5.91 Å². The van der Waals surface area contributed by atoms with Crippen LogP contribution in [0.15, 0.2) is 36.4 Å². The molecule has 1 amide bonds. The molecule has 1 saturated carbocycles. The summed E-state index contributed by atoms with van der Waals surface area (Å²) >= 11 is 0. The van der Waals surface area contributed by atoms with Crippen LogP contribution in [0, 0.1) is 12.3 Å². The van der Waals surface area contributed by atoms with Crippen molar-refractivity contribution in [3.8, 4) is 0 Å². The number of hydrogen-bond acceptors (Lipinski definition) is 2. The molecule has 0 aromatic heterocycles. The topological polar surface area (TPSA) is 40.5 Å². The van der Waals surface area contributed by atoms with E-state index in [0.717, 1.165) is 44.1 Å². The van der Waals surface area contributed by atoms with Gasteiger partial charge in [0.1, 0.15) is 0 Å². The summed E-state index contributed by atoms with van der Waals surface area (Å²) in [6.07, 6.45) is 11.9. The first-order valence-corrected chi connectivity index (χ1v) is 10.1. The number of aliphatic hydroxyl groups is 1. The Morgan fingerprint density at radius 3 is 2.52 bits per heavy atom. The third-order valence-corrected chi connectivity index (χ3v) is 6.22. The molecule has 1 aliphatic carbocycles. The maximum absolute atomic E-state index is 11.9. The van der Waals surface area contributed by atoms with Crippen molar-refractivity contribution in [2.24, 2.45) is 5.41 Å². The molecular weight excluding hydrogens is 411 g/mol. The monoisotopic (exact) mass is 443 g/mol. The maximum Gasteiger partial charge on any atom is 0.225 e. The molecular formula is C23H32NO2Y-. The Kier molecular flexibility index (Phi) is 8.71. The summed E-state index contributed by atoms with van der Waals surface area (Å²) in [5.74, 6) is 0.217. The second kappa shape index (κ2) is 10.3. The first-order chi connectivity index (χ1) is 12.6. The second-order valence-corrected chi connectivity index (χ2v) is 7.91. The van der Waals surface area contributed by atoms with Gasteiger partial charge in [-0.15, -0.1) is 0 Å². The van der Waals surface area contributed by atoms with E-state index >= 15 is 0 Å². The molecule has 4 heteroatoms. The van der Waals surface area contributed by atoms with Crippen molar-refractivity contribution in [3.63, 3.8) is 0 Å². The van der Waals surface area contributed by atoms with E-state index in [4.69, 9.17) is 0 Å². The molecule has 2 fully saturated rings. The van der Waals surface area contributed by atoms with E-state index in [1.165, 1.54) is 12.0 Å². The number of benzene rings is 1. The molecule has 1 saturated heterocycles. The quantitative estimate of drug-likeness (QED) is 0.327. The van der Waals surface area contributed by atoms with Crippen LogP contribution in [-0.4, -0.2) is 22.5 Å². The fourth-order valence-corrected chi connectivity index (χ4v) is 4.45. The number of amides is 1. The standard InChI is InChI=1S/C23H32NO2.Y/c1-3-5-6-7-16-24-20(17-21(24)25)18-9-11-19(12-10-18)22(26)23(13-4-2)14-8-15-23;/h6-7,9-12,20,22,26H,1,3-5,8,13-17H2,2H3;/q-1;/t20-,22?;/m1./s1. The summed E-state index contributed by atoms with van der Waals surface area (Å²) in [5, 5.41) is 10.9. The Morgan fingerprint density at radius 2 is 2.00 bits per heavy atom. The summed E-state index contributed by atoms with van der Waals surface area (Å²) in [7, 11) is 0. The van der Waals surface area contributed by atoms with Gasteiger partial charge >= 0.3 is 0 Å². The van der Waals surface area contributed by atoms with E-state index in [2.05, 4.69) is 50.3 Å². The predicted octanol–water partition coefficient (Wildman–Crippen LogP) is 5.13. The summed E-state index contributed by atoms with van der Waals surface area (Å²) in [5.41, 5.74) is 2.28. The van der Waals surface area contributed by atoms with Gasteiger partial charge in [0.05, 0.1) is 18.6 Å². The Labute approximate surface area is 189 Å². The molecule has 1 N–H and O–H groups in total. The van der Waals surface area contributed by atoms with Crippen LogP contribution in [0.1, 0.15) is 81.6 Å². The molecule has 0 bridgehead atoms. The smallest absolute Gasteiger partial charge is 0.225 e. The summed E-state index contributed by atoms with van der Waals surface area (Å²) in [6, 6.07) is 8.50. The van der Waals surface area contributed by atoms with E-state index in [-0.39, 0.29) is 56.2 Å². The molecule has 1 radical (unpaired) electrons. The first-order valence-electron chi connectivity index (χ1n) is 10.1. The van der Waals surface area contributed by atoms with Crippen LogP contribution < -0.4 is 0 Å². The number of hydrogen-bond donors (Lipinski definition) is 1. The van der Waals surface area contributed by atoms with Crippen LogP contribution >= 0.6 is 0 Å². The van der Waals surface area contributed by atoms with E-state index in [1.54, 1.807) is 0 Å². The first kappa shape index (κ1) is 22.8. The Morgan fingerprint density at radius 1 is 1.30 bits per heavy atom. The van der Waals surface area contributed by atoms with Gasteiger partial charge in [-0.3, -0.25) is 4.79 Å². The molecule has 145 valence electrons. The number of unbranched alkanes of at least 4 members (excludes halogenated alkanes) is 1. The van der Waals surface area contributed by atoms with Gasteiger partial charge in [0.2, 0.25) is 5.91 Å². The van der Waals surface area contributed by atoms with Crippen LogP contribution in [0.3, 0.4) is 0 Å². The summed E-state index contributed by atoms with van der Waals surface area (Å²) in [4.78, 5) is 13.9. The number of allylic oxidation sites excluding steroid dienone is 1. The van der Waals surface area contributed by atoms with Gasteiger partial charge in [0, 0.05) is 44.7 Å². The maximum atomic E-state index is 11.9. The van der Waals surface area contributed by atoms with Crippen LogP contribution in [0.2, 0.25) is 0 Å². The number of β-lactam (4-membered cyclic amide) rings is 1. The van der Waals surface area contributed by atoms with Crippen molar-refractivity contribution in [2.45, 2.75) is 70.4 Å². The van der Waals surface area contributed by atoms with Crippen LogP contribution in [0.4, 0.5) is 0 Å². The zero-order chi connectivity index (χ0) is 18.6. The number of rotatable bonds is 9. The molecule has 2 aliphatic rings. The van der Waals surface area contributed by atoms with E-state index in [1.807, 2.05) is 4.90 Å². The molecule has 27 heavy (non-hydrogen) atoms. The van der Waals surface area contributed by atoms with Gasteiger partial charge in [-0.2, -0.15) is 6.42 Å². The average Bonchev–Trinajstić information content (AvgIpc) is 2.62. The van der Waals surface area contributed by atoms with Gasteiger partial charge in [-0.05, 0) is 30.4 Å². The average molecular weight is 443 g/mol. The summed E-state index contributed by atoms with van der Waals surface area (Å²) < 4.78 is 0. The Hall–Kier alpha value is -0.506.